The fraction of sp³-hybridized carbons (Fsp3) is 0.357. The van der Waals surface area contributed by atoms with Gasteiger partial charge in [0.1, 0.15) is 16.9 Å². The van der Waals surface area contributed by atoms with Crippen LogP contribution >= 0.6 is 11.3 Å². The van der Waals surface area contributed by atoms with Gasteiger partial charge in [0.15, 0.2) is 0 Å². The molecule has 3 aromatic heterocycles. The van der Waals surface area contributed by atoms with E-state index >= 15 is 0 Å². The van der Waals surface area contributed by atoms with Gasteiger partial charge in [-0.3, -0.25) is 13.9 Å². The van der Waals surface area contributed by atoms with Gasteiger partial charge in [0.25, 0.3) is 5.91 Å². The average molecular weight is 301 g/mol. The summed E-state index contributed by atoms with van der Waals surface area (Å²) < 4.78 is 3.70. The molecule has 1 aliphatic heterocycles. The van der Waals surface area contributed by atoms with Crippen LogP contribution in [0.15, 0.2) is 30.2 Å². The van der Waals surface area contributed by atoms with Gasteiger partial charge in [-0.2, -0.15) is 5.10 Å². The van der Waals surface area contributed by atoms with Crippen LogP contribution in [0.3, 0.4) is 0 Å². The standard InChI is InChI=1S/C14H15N5OS/c1-17-4-3-11(16-17)13(20)18-5-2-10(8-18)12-14-19(9-15-12)6-7-21-14/h3-4,6-7,9-10H,2,5,8H2,1H3. The molecular weight excluding hydrogens is 286 g/mol. The lowest BCUT2D eigenvalue weighted by Crippen LogP contribution is -2.29. The number of nitrogens with zero attached hydrogens (tertiary/aromatic N) is 5. The molecule has 108 valence electrons. The van der Waals surface area contributed by atoms with Crippen LogP contribution in [0, 0.1) is 0 Å². The van der Waals surface area contributed by atoms with Gasteiger partial charge in [0.05, 0.1) is 5.69 Å². The first kappa shape index (κ1) is 12.6. The number of likely N-dealkylation sites (tertiary alicyclic amines) is 1. The maximum Gasteiger partial charge on any atom is 0.274 e. The summed E-state index contributed by atoms with van der Waals surface area (Å²) in [5, 5.41) is 6.25. The summed E-state index contributed by atoms with van der Waals surface area (Å²) in [5.41, 5.74) is 1.63. The number of hydrogen-bond donors (Lipinski definition) is 0. The van der Waals surface area contributed by atoms with Crippen molar-refractivity contribution in [2.45, 2.75) is 12.3 Å². The Morgan fingerprint density at radius 1 is 1.43 bits per heavy atom. The van der Waals surface area contributed by atoms with Crippen LogP contribution in [0.4, 0.5) is 0 Å². The third kappa shape index (κ3) is 2.04. The predicted molar refractivity (Wildman–Crippen MR) is 79.5 cm³/mol. The van der Waals surface area contributed by atoms with Gasteiger partial charge < -0.3 is 4.90 Å². The molecule has 3 aromatic rings. The van der Waals surface area contributed by atoms with E-state index in [1.54, 1.807) is 28.3 Å². The normalized spacial score (nSPS) is 18.7. The van der Waals surface area contributed by atoms with Crippen molar-refractivity contribution in [1.29, 1.82) is 0 Å². The zero-order chi connectivity index (χ0) is 14.4. The molecule has 1 atom stereocenters. The van der Waals surface area contributed by atoms with E-state index < -0.39 is 0 Å². The first-order valence-electron chi connectivity index (χ1n) is 6.91. The highest BCUT2D eigenvalue weighted by Crippen LogP contribution is 2.31. The molecule has 1 saturated heterocycles. The summed E-state index contributed by atoms with van der Waals surface area (Å²) in [5.74, 6) is 0.334. The zero-order valence-corrected chi connectivity index (χ0v) is 12.5. The zero-order valence-electron chi connectivity index (χ0n) is 11.6. The molecule has 1 fully saturated rings. The SMILES string of the molecule is Cn1ccc(C(=O)N2CCC(c3ncn4ccsc34)C2)n1. The van der Waals surface area contributed by atoms with Crippen molar-refractivity contribution in [3.8, 4) is 0 Å². The number of carbonyl (C=O) groups excluding carboxylic acids is 1. The van der Waals surface area contributed by atoms with Crippen LogP contribution in [-0.2, 0) is 7.05 Å². The Labute approximate surface area is 125 Å². The van der Waals surface area contributed by atoms with Crippen LogP contribution in [0.25, 0.3) is 4.83 Å². The fourth-order valence-electron chi connectivity index (χ4n) is 2.89. The minimum Gasteiger partial charge on any atom is -0.337 e. The molecule has 7 heteroatoms. The first-order valence-corrected chi connectivity index (χ1v) is 7.79. The summed E-state index contributed by atoms with van der Waals surface area (Å²) in [6.45, 7) is 1.49. The topological polar surface area (TPSA) is 55.4 Å². The van der Waals surface area contributed by atoms with E-state index in [-0.39, 0.29) is 5.91 Å². The number of rotatable bonds is 2. The Kier molecular flexibility index (Phi) is 2.81. The van der Waals surface area contributed by atoms with Crippen molar-refractivity contribution in [3.63, 3.8) is 0 Å². The van der Waals surface area contributed by atoms with Gasteiger partial charge in [0.2, 0.25) is 0 Å². The van der Waals surface area contributed by atoms with E-state index in [4.69, 9.17) is 0 Å². The van der Waals surface area contributed by atoms with E-state index in [2.05, 4.69) is 15.5 Å². The molecule has 0 saturated carbocycles. The highest BCUT2D eigenvalue weighted by Gasteiger charge is 2.31. The maximum absolute atomic E-state index is 12.4. The number of aryl methyl sites for hydroxylation is 1. The summed E-state index contributed by atoms with van der Waals surface area (Å²) in [4.78, 5) is 20.0. The first-order chi connectivity index (χ1) is 10.2. The quantitative estimate of drug-likeness (QED) is 0.725. The second kappa shape index (κ2) is 4.70. The maximum atomic E-state index is 12.4. The van der Waals surface area contributed by atoms with Gasteiger partial charge in [0, 0.05) is 43.8 Å². The van der Waals surface area contributed by atoms with Gasteiger partial charge >= 0.3 is 0 Å². The Balaban J connectivity index is 1.55. The molecular formula is C14H15N5OS. The highest BCUT2D eigenvalue weighted by molar-refractivity contribution is 7.15. The Bertz CT molecular complexity index is 801. The van der Waals surface area contributed by atoms with E-state index in [1.165, 1.54) is 4.83 Å². The molecule has 0 radical (unpaired) electrons. The second-order valence-corrected chi connectivity index (χ2v) is 6.25. The van der Waals surface area contributed by atoms with E-state index in [1.807, 2.05) is 28.9 Å². The Morgan fingerprint density at radius 2 is 2.33 bits per heavy atom. The number of thiazole rings is 1. The minimum atomic E-state index is 0.0136. The number of amides is 1. The highest BCUT2D eigenvalue weighted by atomic mass is 32.1. The molecule has 1 unspecified atom stereocenters. The number of aromatic nitrogens is 4. The third-order valence-electron chi connectivity index (χ3n) is 3.97. The lowest BCUT2D eigenvalue weighted by atomic mass is 10.1. The van der Waals surface area contributed by atoms with Crippen molar-refractivity contribution in [2.24, 2.45) is 7.05 Å². The monoisotopic (exact) mass is 301 g/mol. The van der Waals surface area contributed by atoms with Crippen molar-refractivity contribution >= 4 is 22.1 Å². The molecule has 6 nitrogen and oxygen atoms in total. The van der Waals surface area contributed by atoms with E-state index in [9.17, 15) is 4.79 Å². The van der Waals surface area contributed by atoms with Gasteiger partial charge in [-0.1, -0.05) is 0 Å². The molecule has 1 amide bonds. The summed E-state index contributed by atoms with van der Waals surface area (Å²) >= 11 is 1.70. The van der Waals surface area contributed by atoms with Crippen molar-refractivity contribution in [2.75, 3.05) is 13.1 Å². The molecule has 21 heavy (non-hydrogen) atoms. The number of fused-ring (bicyclic) bond motifs is 1. The van der Waals surface area contributed by atoms with Gasteiger partial charge in [-0.05, 0) is 12.5 Å². The van der Waals surface area contributed by atoms with Crippen LogP contribution < -0.4 is 0 Å². The van der Waals surface area contributed by atoms with Crippen LogP contribution in [0.5, 0.6) is 0 Å². The number of imidazole rings is 1. The smallest absolute Gasteiger partial charge is 0.274 e. The molecule has 0 aliphatic carbocycles. The second-order valence-electron chi connectivity index (χ2n) is 5.36. The average Bonchev–Trinajstić information content (AvgIpc) is 3.21. The molecule has 0 aromatic carbocycles. The lowest BCUT2D eigenvalue weighted by Gasteiger charge is -2.14. The largest absolute Gasteiger partial charge is 0.337 e. The minimum absolute atomic E-state index is 0.0136. The predicted octanol–water partition coefficient (Wildman–Crippen LogP) is 1.76. The Hall–Kier alpha value is -2.15. The van der Waals surface area contributed by atoms with Crippen LogP contribution in [0.1, 0.15) is 28.5 Å². The van der Waals surface area contributed by atoms with Crippen LogP contribution in [0.2, 0.25) is 0 Å². The van der Waals surface area contributed by atoms with Crippen molar-refractivity contribution < 1.29 is 4.79 Å². The molecule has 4 heterocycles. The molecule has 0 N–H and O–H groups in total. The number of hydrogen-bond acceptors (Lipinski definition) is 4. The molecule has 4 rings (SSSR count). The lowest BCUT2D eigenvalue weighted by molar-refractivity contribution is 0.0784. The summed E-state index contributed by atoms with van der Waals surface area (Å²) in [6.07, 6.45) is 6.63. The van der Waals surface area contributed by atoms with E-state index in [0.29, 0.717) is 11.6 Å². The van der Waals surface area contributed by atoms with Gasteiger partial charge in [-0.25, -0.2) is 4.98 Å². The molecule has 0 spiro atoms. The van der Waals surface area contributed by atoms with E-state index in [0.717, 1.165) is 25.2 Å². The van der Waals surface area contributed by atoms with Crippen molar-refractivity contribution in [1.82, 2.24) is 24.1 Å². The fourth-order valence-corrected chi connectivity index (χ4v) is 3.78. The Morgan fingerprint density at radius 3 is 3.14 bits per heavy atom. The van der Waals surface area contributed by atoms with Crippen molar-refractivity contribution in [3.05, 3.63) is 41.6 Å². The third-order valence-corrected chi connectivity index (χ3v) is 4.87. The summed E-state index contributed by atoms with van der Waals surface area (Å²) in [6, 6.07) is 1.77. The van der Waals surface area contributed by atoms with Crippen LogP contribution in [-0.4, -0.2) is 43.1 Å². The molecule has 1 aliphatic rings. The van der Waals surface area contributed by atoms with Gasteiger partial charge in [-0.15, -0.1) is 11.3 Å². The molecule has 0 bridgehead atoms. The number of carbonyl (C=O) groups is 1. The summed E-state index contributed by atoms with van der Waals surface area (Å²) in [7, 11) is 1.82.